The number of fused-ring (bicyclic) bond motifs is 1. The van der Waals surface area contributed by atoms with E-state index in [1.807, 2.05) is 34.5 Å². The number of anilines is 1. The lowest BCUT2D eigenvalue weighted by atomic mass is 10.1. The van der Waals surface area contributed by atoms with Gasteiger partial charge in [-0.25, -0.2) is 0 Å². The molecule has 0 atom stereocenters. The number of piperazine rings is 1. The smallest absolute Gasteiger partial charge is 0.255 e. The largest absolute Gasteiger partial charge is 0.368 e. The first kappa shape index (κ1) is 14.3. The van der Waals surface area contributed by atoms with Crippen LogP contribution in [0, 0.1) is 0 Å². The van der Waals surface area contributed by atoms with Crippen molar-refractivity contribution in [1.29, 1.82) is 0 Å². The average molecular weight is 322 g/mol. The van der Waals surface area contributed by atoms with Crippen LogP contribution in [-0.4, -0.2) is 37.0 Å². The Hall–Kier alpha value is -2.33. The van der Waals surface area contributed by atoms with Crippen LogP contribution in [-0.2, 0) is 0 Å². The number of hydrogen-bond donors (Lipinski definition) is 0. The van der Waals surface area contributed by atoms with E-state index in [1.165, 1.54) is 10.4 Å². The van der Waals surface area contributed by atoms with Crippen LogP contribution < -0.4 is 4.90 Å². The Labute approximate surface area is 139 Å². The number of para-hydroxylation sites is 1. The summed E-state index contributed by atoms with van der Waals surface area (Å²) in [5, 5.41) is 3.07. The predicted molar refractivity (Wildman–Crippen MR) is 96.4 cm³/mol. The Balaban J connectivity index is 1.49. The highest BCUT2D eigenvalue weighted by Gasteiger charge is 2.23. The fraction of sp³-hybridized carbons (Fsp3) is 0.211. The molecule has 2 heterocycles. The zero-order valence-electron chi connectivity index (χ0n) is 12.8. The van der Waals surface area contributed by atoms with Gasteiger partial charge in [-0.3, -0.25) is 4.79 Å². The van der Waals surface area contributed by atoms with Gasteiger partial charge in [0.1, 0.15) is 0 Å². The van der Waals surface area contributed by atoms with E-state index in [0.717, 1.165) is 37.1 Å². The van der Waals surface area contributed by atoms with Gasteiger partial charge in [-0.1, -0.05) is 36.4 Å². The molecule has 0 radical (unpaired) electrons. The fourth-order valence-corrected chi connectivity index (χ4v) is 4.06. The Kier molecular flexibility index (Phi) is 3.75. The zero-order chi connectivity index (χ0) is 15.6. The van der Waals surface area contributed by atoms with Crippen LogP contribution in [0.5, 0.6) is 0 Å². The van der Waals surface area contributed by atoms with Crippen LogP contribution >= 0.6 is 11.3 Å². The molecule has 1 aliphatic heterocycles. The van der Waals surface area contributed by atoms with Crippen molar-refractivity contribution in [2.45, 2.75) is 0 Å². The quantitative estimate of drug-likeness (QED) is 0.715. The van der Waals surface area contributed by atoms with Gasteiger partial charge in [0.25, 0.3) is 5.91 Å². The lowest BCUT2D eigenvalue weighted by Gasteiger charge is -2.36. The molecule has 0 bridgehead atoms. The fourth-order valence-electron chi connectivity index (χ4n) is 3.12. The van der Waals surface area contributed by atoms with E-state index in [2.05, 4.69) is 35.2 Å². The summed E-state index contributed by atoms with van der Waals surface area (Å²) in [6.07, 6.45) is 0. The Morgan fingerprint density at radius 1 is 0.870 bits per heavy atom. The monoisotopic (exact) mass is 322 g/mol. The van der Waals surface area contributed by atoms with Gasteiger partial charge >= 0.3 is 0 Å². The minimum atomic E-state index is 0.162. The molecule has 0 unspecified atom stereocenters. The topological polar surface area (TPSA) is 23.6 Å². The minimum Gasteiger partial charge on any atom is -0.368 e. The molecule has 1 fully saturated rings. The van der Waals surface area contributed by atoms with Crippen LogP contribution in [0.3, 0.4) is 0 Å². The third kappa shape index (κ3) is 2.70. The van der Waals surface area contributed by atoms with Crippen molar-refractivity contribution in [2.24, 2.45) is 0 Å². The third-order valence-corrected chi connectivity index (χ3v) is 5.36. The molecule has 0 N–H and O–H groups in total. The Bertz CT molecular complexity index is 820. The maximum Gasteiger partial charge on any atom is 0.255 e. The van der Waals surface area contributed by atoms with E-state index < -0.39 is 0 Å². The third-order valence-electron chi connectivity index (χ3n) is 4.40. The van der Waals surface area contributed by atoms with Crippen LogP contribution in [0.2, 0.25) is 0 Å². The van der Waals surface area contributed by atoms with E-state index in [4.69, 9.17) is 0 Å². The molecule has 1 saturated heterocycles. The van der Waals surface area contributed by atoms with Gasteiger partial charge in [0.15, 0.2) is 0 Å². The normalized spacial score (nSPS) is 15.1. The van der Waals surface area contributed by atoms with Crippen molar-refractivity contribution in [3.05, 3.63) is 65.5 Å². The first-order valence-electron chi connectivity index (χ1n) is 7.88. The van der Waals surface area contributed by atoms with Gasteiger partial charge in [0, 0.05) is 47.3 Å². The van der Waals surface area contributed by atoms with Gasteiger partial charge in [0.05, 0.1) is 5.56 Å². The van der Waals surface area contributed by atoms with Gasteiger partial charge in [-0.15, -0.1) is 11.3 Å². The molecule has 3 aromatic rings. The predicted octanol–water partition coefficient (Wildman–Crippen LogP) is 3.86. The number of nitrogens with zero attached hydrogens (tertiary/aromatic N) is 2. The summed E-state index contributed by atoms with van der Waals surface area (Å²) in [4.78, 5) is 17.2. The SMILES string of the molecule is O=C(c1csc2ccccc12)N1CCN(c2ccccc2)CC1. The highest BCUT2D eigenvalue weighted by molar-refractivity contribution is 7.17. The molecular weight excluding hydrogens is 304 g/mol. The number of carbonyl (C=O) groups excluding carboxylic acids is 1. The summed E-state index contributed by atoms with van der Waals surface area (Å²) < 4.78 is 1.18. The van der Waals surface area contributed by atoms with Gasteiger partial charge < -0.3 is 9.80 Å². The van der Waals surface area contributed by atoms with Crippen LogP contribution in [0.25, 0.3) is 10.1 Å². The molecule has 1 aliphatic rings. The molecule has 3 nitrogen and oxygen atoms in total. The summed E-state index contributed by atoms with van der Waals surface area (Å²) >= 11 is 1.65. The van der Waals surface area contributed by atoms with Crippen LogP contribution in [0.1, 0.15) is 10.4 Å². The molecule has 0 aliphatic carbocycles. The first-order valence-corrected chi connectivity index (χ1v) is 8.76. The molecule has 116 valence electrons. The second-order valence-electron chi connectivity index (χ2n) is 5.76. The number of amides is 1. The van der Waals surface area contributed by atoms with Crippen LogP contribution in [0.4, 0.5) is 5.69 Å². The van der Waals surface area contributed by atoms with Crippen molar-refractivity contribution >= 4 is 33.0 Å². The Morgan fingerprint density at radius 3 is 2.35 bits per heavy atom. The summed E-state index contributed by atoms with van der Waals surface area (Å²) in [7, 11) is 0. The number of benzene rings is 2. The molecule has 4 heteroatoms. The van der Waals surface area contributed by atoms with E-state index in [0.29, 0.717) is 0 Å². The minimum absolute atomic E-state index is 0.162. The summed E-state index contributed by atoms with van der Waals surface area (Å²) in [6.45, 7) is 3.32. The maximum atomic E-state index is 12.8. The molecule has 4 rings (SSSR count). The van der Waals surface area contributed by atoms with Crippen molar-refractivity contribution in [2.75, 3.05) is 31.1 Å². The Morgan fingerprint density at radius 2 is 1.57 bits per heavy atom. The molecule has 1 aromatic heterocycles. The molecule has 1 amide bonds. The number of rotatable bonds is 2. The van der Waals surface area contributed by atoms with Crippen molar-refractivity contribution in [3.63, 3.8) is 0 Å². The first-order chi connectivity index (χ1) is 11.3. The highest BCUT2D eigenvalue weighted by Crippen LogP contribution is 2.27. The van der Waals surface area contributed by atoms with E-state index in [9.17, 15) is 4.79 Å². The molecule has 0 saturated carbocycles. The molecule has 23 heavy (non-hydrogen) atoms. The van der Waals surface area contributed by atoms with Gasteiger partial charge in [-0.2, -0.15) is 0 Å². The lowest BCUT2D eigenvalue weighted by Crippen LogP contribution is -2.48. The van der Waals surface area contributed by atoms with Crippen molar-refractivity contribution in [1.82, 2.24) is 4.90 Å². The van der Waals surface area contributed by atoms with Gasteiger partial charge in [-0.05, 0) is 18.2 Å². The average Bonchev–Trinajstić information content (AvgIpc) is 3.06. The number of thiophene rings is 1. The molecular formula is C19H18N2OS. The second kappa shape index (κ2) is 6.05. The molecule has 2 aromatic carbocycles. The highest BCUT2D eigenvalue weighted by atomic mass is 32.1. The molecule has 0 spiro atoms. The van der Waals surface area contributed by atoms with Crippen molar-refractivity contribution < 1.29 is 4.79 Å². The maximum absolute atomic E-state index is 12.8. The summed E-state index contributed by atoms with van der Waals surface area (Å²) in [5.74, 6) is 0.162. The van der Waals surface area contributed by atoms with E-state index >= 15 is 0 Å². The number of carbonyl (C=O) groups is 1. The standard InChI is InChI=1S/C19H18N2OS/c22-19(17-14-23-18-9-5-4-8-16(17)18)21-12-10-20(11-13-21)15-6-2-1-3-7-15/h1-9,14H,10-13H2. The lowest BCUT2D eigenvalue weighted by molar-refractivity contribution is 0.0749. The summed E-state index contributed by atoms with van der Waals surface area (Å²) in [6, 6.07) is 18.5. The van der Waals surface area contributed by atoms with E-state index in [1.54, 1.807) is 11.3 Å². The van der Waals surface area contributed by atoms with Crippen molar-refractivity contribution in [3.8, 4) is 0 Å². The van der Waals surface area contributed by atoms with Crippen LogP contribution in [0.15, 0.2) is 60.0 Å². The van der Waals surface area contributed by atoms with E-state index in [-0.39, 0.29) is 5.91 Å². The van der Waals surface area contributed by atoms with Gasteiger partial charge in [0.2, 0.25) is 0 Å². The zero-order valence-corrected chi connectivity index (χ0v) is 13.6. The summed E-state index contributed by atoms with van der Waals surface area (Å²) in [5.41, 5.74) is 2.08. The second-order valence-corrected chi connectivity index (χ2v) is 6.67. The number of hydrogen-bond acceptors (Lipinski definition) is 3.